The van der Waals surface area contributed by atoms with E-state index in [1.807, 2.05) is 6.07 Å². The number of nitrogens with two attached hydrogens (primary N) is 1. The smallest absolute Gasteiger partial charge is 0.257 e. The summed E-state index contributed by atoms with van der Waals surface area (Å²) in [4.78, 5) is 42.9. The van der Waals surface area contributed by atoms with Gasteiger partial charge in [0.15, 0.2) is 17.0 Å². The first kappa shape index (κ1) is 17.4. The van der Waals surface area contributed by atoms with Gasteiger partial charge < -0.3 is 15.5 Å². The van der Waals surface area contributed by atoms with Gasteiger partial charge in [-0.3, -0.25) is 14.4 Å². The highest BCUT2D eigenvalue weighted by atomic mass is 79.9. The molecule has 2 aliphatic rings. The molecule has 1 spiro atoms. The Morgan fingerprint density at radius 2 is 1.72 bits per heavy atom. The number of aromatic nitrogens is 1. The van der Waals surface area contributed by atoms with Crippen molar-refractivity contribution in [3.8, 4) is 11.8 Å². The Kier molecular flexibility index (Phi) is 3.39. The molecule has 2 heterocycles. The number of nitrogens with zero attached hydrogens (tertiary/aromatic N) is 1. The molecule has 0 unspecified atom stereocenters. The molecule has 1 aromatic heterocycles. The molecule has 0 atom stereocenters. The molecule has 140 valence electrons. The fourth-order valence-corrected chi connectivity index (χ4v) is 4.49. The van der Waals surface area contributed by atoms with Gasteiger partial charge in [0.05, 0.1) is 11.1 Å². The van der Waals surface area contributed by atoms with Crippen molar-refractivity contribution < 1.29 is 14.3 Å². The molecule has 3 aromatic rings. The summed E-state index contributed by atoms with van der Waals surface area (Å²) in [5.41, 5.74) is 3.26. The highest BCUT2D eigenvalue weighted by molar-refractivity contribution is 9.10. The average molecular weight is 448 g/mol. The van der Waals surface area contributed by atoms with Crippen LogP contribution in [0.15, 0.2) is 63.2 Å². The molecule has 0 amide bonds. The number of H-pyrrole nitrogens is 1. The maximum Gasteiger partial charge on any atom is 0.257 e. The topological polar surface area (TPSA) is 126 Å². The lowest BCUT2D eigenvalue weighted by atomic mass is 9.69. The first-order chi connectivity index (χ1) is 13.9. The number of carbonyl (C=O) groups excluding carboxylic acids is 2. The monoisotopic (exact) mass is 447 g/mol. The van der Waals surface area contributed by atoms with E-state index in [-0.39, 0.29) is 33.9 Å². The van der Waals surface area contributed by atoms with Crippen LogP contribution < -0.4 is 16.0 Å². The van der Waals surface area contributed by atoms with Crippen molar-refractivity contribution >= 4 is 38.4 Å². The lowest BCUT2D eigenvalue weighted by molar-refractivity contribution is 0.0815. The van der Waals surface area contributed by atoms with E-state index in [0.29, 0.717) is 15.4 Å². The Hall–Kier alpha value is -3.70. The summed E-state index contributed by atoms with van der Waals surface area (Å²) in [6, 6.07) is 13.1. The minimum Gasteiger partial charge on any atom is -0.439 e. The second-order valence-corrected chi connectivity index (χ2v) is 7.67. The third-order valence-electron chi connectivity index (χ3n) is 5.35. The van der Waals surface area contributed by atoms with Crippen molar-refractivity contribution in [3.63, 3.8) is 0 Å². The number of nitriles is 1. The number of aromatic amines is 1. The van der Waals surface area contributed by atoms with E-state index in [9.17, 15) is 19.6 Å². The number of carbonyl (C=O) groups is 2. The van der Waals surface area contributed by atoms with Crippen LogP contribution in [0.25, 0.3) is 10.9 Å². The van der Waals surface area contributed by atoms with Crippen LogP contribution >= 0.6 is 15.9 Å². The second-order valence-electron chi connectivity index (χ2n) is 6.76. The van der Waals surface area contributed by atoms with Gasteiger partial charge in [-0.15, -0.1) is 0 Å². The number of fused-ring (bicyclic) bond motifs is 5. The van der Waals surface area contributed by atoms with Crippen LogP contribution in [0.3, 0.4) is 0 Å². The molecule has 7 nitrogen and oxygen atoms in total. The summed E-state index contributed by atoms with van der Waals surface area (Å²) >= 11 is 3.36. The molecule has 29 heavy (non-hydrogen) atoms. The highest BCUT2D eigenvalue weighted by Gasteiger charge is 2.62. The number of allylic oxidation sites excluding steroid dienone is 1. The second kappa shape index (κ2) is 5.65. The van der Waals surface area contributed by atoms with Crippen molar-refractivity contribution in [2.45, 2.75) is 5.41 Å². The Balaban J connectivity index is 2.00. The summed E-state index contributed by atoms with van der Waals surface area (Å²) in [5.74, 6) is -1.71. The van der Waals surface area contributed by atoms with Gasteiger partial charge in [0.25, 0.3) is 5.56 Å². The van der Waals surface area contributed by atoms with E-state index < -0.39 is 22.5 Å². The van der Waals surface area contributed by atoms with Gasteiger partial charge in [-0.2, -0.15) is 5.26 Å². The van der Waals surface area contributed by atoms with Crippen LogP contribution in [-0.2, 0) is 5.41 Å². The van der Waals surface area contributed by atoms with Crippen LogP contribution in [0.1, 0.15) is 26.3 Å². The first-order valence-electron chi connectivity index (χ1n) is 8.54. The predicted octanol–water partition coefficient (Wildman–Crippen LogP) is 2.69. The van der Waals surface area contributed by atoms with Crippen LogP contribution in [0.4, 0.5) is 0 Å². The van der Waals surface area contributed by atoms with Crippen molar-refractivity contribution in [1.82, 2.24) is 4.98 Å². The van der Waals surface area contributed by atoms with Gasteiger partial charge in [-0.25, -0.2) is 0 Å². The van der Waals surface area contributed by atoms with E-state index in [4.69, 9.17) is 10.5 Å². The number of benzene rings is 2. The Morgan fingerprint density at radius 1 is 1.07 bits per heavy atom. The third-order valence-corrected chi connectivity index (χ3v) is 5.84. The zero-order valence-corrected chi connectivity index (χ0v) is 16.2. The molecule has 1 aliphatic heterocycles. The van der Waals surface area contributed by atoms with Crippen molar-refractivity contribution in [1.29, 1.82) is 5.26 Å². The quantitative estimate of drug-likeness (QED) is 0.510. The SMILES string of the molecule is N#CC1=C(N)Oc2c(c(=O)[nH]c3ccc(Br)cc23)C12C(=O)c1ccccc1C2=O. The number of hydrogen-bond acceptors (Lipinski definition) is 6. The van der Waals surface area contributed by atoms with Crippen LogP contribution in [0.5, 0.6) is 5.75 Å². The predicted molar refractivity (Wildman–Crippen MR) is 107 cm³/mol. The highest BCUT2D eigenvalue weighted by Crippen LogP contribution is 2.51. The van der Waals surface area contributed by atoms with Gasteiger partial charge in [-0.1, -0.05) is 40.2 Å². The molecular formula is C21H10BrN3O4. The number of Topliss-reactive ketones (excluding diaryl/α,β-unsaturated/α-hetero) is 2. The molecule has 0 saturated carbocycles. The lowest BCUT2D eigenvalue weighted by Crippen LogP contribution is -2.48. The number of pyridine rings is 1. The number of rotatable bonds is 0. The van der Waals surface area contributed by atoms with Gasteiger partial charge >= 0.3 is 0 Å². The summed E-state index contributed by atoms with van der Waals surface area (Å²) in [7, 11) is 0. The molecule has 1 aliphatic carbocycles. The average Bonchev–Trinajstić information content (AvgIpc) is 2.92. The number of ether oxygens (including phenoxy) is 1. The normalized spacial score (nSPS) is 16.6. The summed E-state index contributed by atoms with van der Waals surface area (Å²) in [5, 5.41) is 10.2. The first-order valence-corrected chi connectivity index (χ1v) is 9.33. The molecule has 0 saturated heterocycles. The lowest BCUT2D eigenvalue weighted by Gasteiger charge is -2.32. The fourth-order valence-electron chi connectivity index (χ4n) is 4.13. The van der Waals surface area contributed by atoms with Gasteiger partial charge in [0, 0.05) is 21.0 Å². The van der Waals surface area contributed by atoms with E-state index >= 15 is 0 Å². The van der Waals surface area contributed by atoms with Crippen molar-refractivity contribution in [2.24, 2.45) is 5.73 Å². The number of halogens is 1. The van der Waals surface area contributed by atoms with E-state index in [0.717, 1.165) is 0 Å². The fraction of sp³-hybridized carbons (Fsp3) is 0.0476. The zero-order valence-electron chi connectivity index (χ0n) is 14.6. The standard InChI is InChI=1S/C21H10BrN3O4/c22-9-5-6-14-12(7-9)16-15(20(28)25-14)21(13(8-23)19(24)29-16)17(26)10-3-1-2-4-11(10)18(21)27/h1-7H,24H2,(H,25,28). The number of ketones is 2. The summed E-state index contributed by atoms with van der Waals surface area (Å²) in [6.07, 6.45) is 0. The number of nitrogens with one attached hydrogen (secondary N) is 1. The van der Waals surface area contributed by atoms with Gasteiger partial charge in [-0.05, 0) is 18.2 Å². The van der Waals surface area contributed by atoms with E-state index in [2.05, 4.69) is 20.9 Å². The van der Waals surface area contributed by atoms with Crippen LogP contribution in [0.2, 0.25) is 0 Å². The zero-order chi connectivity index (χ0) is 20.5. The van der Waals surface area contributed by atoms with E-state index in [1.54, 1.807) is 30.3 Å². The van der Waals surface area contributed by atoms with Crippen molar-refractivity contribution in [3.05, 3.63) is 85.4 Å². The number of hydrogen-bond donors (Lipinski definition) is 2. The molecule has 2 aromatic carbocycles. The van der Waals surface area contributed by atoms with Gasteiger partial charge in [0.1, 0.15) is 17.4 Å². The van der Waals surface area contributed by atoms with E-state index in [1.165, 1.54) is 12.1 Å². The Labute approximate surface area is 171 Å². The minimum atomic E-state index is -2.17. The van der Waals surface area contributed by atoms with Crippen molar-refractivity contribution in [2.75, 3.05) is 0 Å². The molecule has 0 fully saturated rings. The maximum atomic E-state index is 13.5. The maximum absolute atomic E-state index is 13.5. The third kappa shape index (κ3) is 1.97. The van der Waals surface area contributed by atoms with Gasteiger partial charge in [0.2, 0.25) is 5.88 Å². The Morgan fingerprint density at radius 3 is 2.34 bits per heavy atom. The summed E-state index contributed by atoms with van der Waals surface area (Å²) in [6.45, 7) is 0. The minimum absolute atomic E-state index is 0.00365. The van der Waals surface area contributed by atoms with Crippen LogP contribution in [0, 0.1) is 11.3 Å². The molecule has 0 radical (unpaired) electrons. The molecule has 8 heteroatoms. The molecular weight excluding hydrogens is 438 g/mol. The molecule has 3 N–H and O–H groups in total. The molecule has 5 rings (SSSR count). The Bertz CT molecular complexity index is 1390. The van der Waals surface area contributed by atoms with Crippen LogP contribution in [-0.4, -0.2) is 16.6 Å². The largest absolute Gasteiger partial charge is 0.439 e. The molecule has 0 bridgehead atoms. The summed E-state index contributed by atoms with van der Waals surface area (Å²) < 4.78 is 6.35.